The Morgan fingerprint density at radius 2 is 2.00 bits per heavy atom. The Bertz CT molecular complexity index is 881. The van der Waals surface area contributed by atoms with Gasteiger partial charge in [0.1, 0.15) is 11.9 Å². The molecule has 2 saturated carbocycles. The third kappa shape index (κ3) is 3.51. The molecule has 2 heterocycles. The number of hydrogen-bond donors (Lipinski definition) is 1. The predicted molar refractivity (Wildman–Crippen MR) is 102 cm³/mol. The van der Waals surface area contributed by atoms with Gasteiger partial charge in [-0.3, -0.25) is 4.79 Å². The zero-order valence-corrected chi connectivity index (χ0v) is 16.2. The van der Waals surface area contributed by atoms with E-state index in [0.717, 1.165) is 18.5 Å². The van der Waals surface area contributed by atoms with E-state index in [1.165, 1.54) is 0 Å². The van der Waals surface area contributed by atoms with E-state index in [-0.39, 0.29) is 17.9 Å². The molecule has 2 aromatic rings. The van der Waals surface area contributed by atoms with E-state index in [2.05, 4.69) is 5.16 Å². The molecule has 7 heteroatoms. The summed E-state index contributed by atoms with van der Waals surface area (Å²) < 4.78 is 11.3. The van der Waals surface area contributed by atoms with E-state index in [1.54, 1.807) is 18.2 Å². The lowest BCUT2D eigenvalue weighted by Crippen LogP contribution is -2.42. The van der Waals surface area contributed by atoms with Gasteiger partial charge in [0.05, 0.1) is 11.8 Å². The normalized spacial score (nSPS) is 29.6. The summed E-state index contributed by atoms with van der Waals surface area (Å²) in [4.78, 5) is 14.7. The summed E-state index contributed by atoms with van der Waals surface area (Å²) in [5, 5.41) is 15.2. The Balaban J connectivity index is 1.24. The van der Waals surface area contributed by atoms with Gasteiger partial charge in [0, 0.05) is 30.1 Å². The van der Waals surface area contributed by atoms with Crippen molar-refractivity contribution in [3.05, 3.63) is 46.8 Å². The van der Waals surface area contributed by atoms with Crippen molar-refractivity contribution in [1.82, 2.24) is 10.1 Å². The minimum absolute atomic E-state index is 0.101. The van der Waals surface area contributed by atoms with Crippen LogP contribution in [0.15, 0.2) is 34.9 Å². The third-order valence-corrected chi connectivity index (χ3v) is 6.43. The first kappa shape index (κ1) is 18.0. The highest BCUT2D eigenvalue weighted by atomic mass is 35.5. The maximum Gasteiger partial charge on any atom is 0.292 e. The third-order valence-electron chi connectivity index (χ3n) is 6.19. The van der Waals surface area contributed by atoms with E-state index in [1.807, 2.05) is 17.0 Å². The number of aliphatic hydroxyl groups excluding tert-OH is 1. The molecule has 1 saturated heterocycles. The average Bonchev–Trinajstić information content (AvgIpc) is 3.26. The number of likely N-dealkylation sites (tertiary alicyclic amines) is 1. The molecule has 1 N–H and O–H groups in total. The van der Waals surface area contributed by atoms with E-state index < -0.39 is 6.10 Å². The number of carbonyl (C=O) groups is 1. The Labute approximate surface area is 168 Å². The van der Waals surface area contributed by atoms with Gasteiger partial charge in [-0.05, 0) is 55.7 Å². The second-order valence-electron chi connectivity index (χ2n) is 8.27. The van der Waals surface area contributed by atoms with Crippen LogP contribution in [0.1, 0.15) is 47.8 Å². The van der Waals surface area contributed by atoms with Gasteiger partial charge in [-0.15, -0.1) is 0 Å². The van der Waals surface area contributed by atoms with Crippen LogP contribution in [0, 0.1) is 11.8 Å². The van der Waals surface area contributed by atoms with Crippen LogP contribution >= 0.6 is 11.6 Å². The summed E-state index contributed by atoms with van der Waals surface area (Å²) in [6.45, 7) is 1.30. The largest absolute Gasteiger partial charge is 0.488 e. The molecule has 28 heavy (non-hydrogen) atoms. The van der Waals surface area contributed by atoms with E-state index in [9.17, 15) is 9.90 Å². The van der Waals surface area contributed by atoms with Gasteiger partial charge in [0.25, 0.3) is 5.91 Å². The zero-order chi connectivity index (χ0) is 19.3. The van der Waals surface area contributed by atoms with Crippen LogP contribution in [-0.4, -0.2) is 46.4 Å². The predicted octanol–water partition coefficient (Wildman–Crippen LogP) is 3.50. The topological polar surface area (TPSA) is 75.8 Å². The molecule has 4 atom stereocenters. The van der Waals surface area contributed by atoms with Gasteiger partial charge >= 0.3 is 0 Å². The molecule has 0 unspecified atom stereocenters. The van der Waals surface area contributed by atoms with Crippen molar-refractivity contribution in [3.8, 4) is 5.75 Å². The number of halogens is 1. The highest BCUT2D eigenvalue weighted by molar-refractivity contribution is 6.30. The molecular formula is C21H23ClN2O4. The van der Waals surface area contributed by atoms with Crippen molar-refractivity contribution in [1.29, 1.82) is 0 Å². The molecule has 1 amide bonds. The molecule has 3 aliphatic rings. The standard InChI is InChI=1S/C21H23ClN2O4/c22-15-2-1-3-16(8-15)27-19-7-14-11-24(10-13(14)6-18(19)25)21(26)20-9-17(23-28-20)12-4-5-12/h1-3,8-9,12-14,18-19,25H,4-7,10-11H2/t13-,14+,18+,19+/m0/s1. The fraction of sp³-hybridized carbons (Fsp3) is 0.524. The number of aromatic nitrogens is 1. The van der Waals surface area contributed by atoms with Crippen molar-refractivity contribution in [3.63, 3.8) is 0 Å². The number of carbonyl (C=O) groups excluding carboxylic acids is 1. The fourth-order valence-electron chi connectivity index (χ4n) is 4.51. The lowest BCUT2D eigenvalue weighted by atomic mass is 9.78. The highest BCUT2D eigenvalue weighted by Crippen LogP contribution is 2.41. The van der Waals surface area contributed by atoms with Crippen molar-refractivity contribution in [2.24, 2.45) is 11.8 Å². The molecule has 148 valence electrons. The van der Waals surface area contributed by atoms with E-state index >= 15 is 0 Å². The minimum atomic E-state index is -0.554. The van der Waals surface area contributed by atoms with Crippen LogP contribution in [0.4, 0.5) is 0 Å². The van der Waals surface area contributed by atoms with Gasteiger partial charge < -0.3 is 19.3 Å². The second kappa shape index (κ2) is 7.08. The fourth-order valence-corrected chi connectivity index (χ4v) is 4.70. The summed E-state index contributed by atoms with van der Waals surface area (Å²) in [5.41, 5.74) is 0.894. The Kier molecular flexibility index (Phi) is 4.56. The van der Waals surface area contributed by atoms with E-state index in [4.69, 9.17) is 20.9 Å². The van der Waals surface area contributed by atoms with Crippen LogP contribution in [-0.2, 0) is 0 Å². The number of ether oxygens (including phenoxy) is 1. The summed E-state index contributed by atoms with van der Waals surface area (Å²) >= 11 is 6.02. The monoisotopic (exact) mass is 402 g/mol. The van der Waals surface area contributed by atoms with E-state index in [0.29, 0.717) is 54.3 Å². The number of aliphatic hydroxyl groups is 1. The number of hydrogen-bond acceptors (Lipinski definition) is 5. The van der Waals surface area contributed by atoms with Crippen LogP contribution in [0.25, 0.3) is 0 Å². The molecule has 1 aromatic carbocycles. The summed E-state index contributed by atoms with van der Waals surface area (Å²) in [5.74, 6) is 1.94. The highest BCUT2D eigenvalue weighted by Gasteiger charge is 2.44. The molecule has 0 spiro atoms. The van der Waals surface area contributed by atoms with Crippen molar-refractivity contribution in [2.75, 3.05) is 13.1 Å². The van der Waals surface area contributed by atoms with Gasteiger partial charge in [-0.1, -0.05) is 22.8 Å². The van der Waals surface area contributed by atoms with Crippen LogP contribution in [0.5, 0.6) is 5.75 Å². The molecule has 1 aromatic heterocycles. The number of nitrogens with zero attached hydrogens (tertiary/aromatic N) is 2. The maximum absolute atomic E-state index is 12.8. The lowest BCUT2D eigenvalue weighted by molar-refractivity contribution is -0.0231. The molecule has 5 rings (SSSR count). The maximum atomic E-state index is 12.8. The Hall–Kier alpha value is -2.05. The molecule has 1 aliphatic heterocycles. The van der Waals surface area contributed by atoms with Crippen LogP contribution in [0.2, 0.25) is 5.02 Å². The average molecular weight is 403 g/mol. The summed E-state index contributed by atoms with van der Waals surface area (Å²) in [6.07, 6.45) is 2.75. The first-order valence-corrected chi connectivity index (χ1v) is 10.3. The molecule has 3 fully saturated rings. The second-order valence-corrected chi connectivity index (χ2v) is 8.71. The quantitative estimate of drug-likeness (QED) is 0.847. The lowest BCUT2D eigenvalue weighted by Gasteiger charge is -2.35. The SMILES string of the molecule is O=C(c1cc(C2CC2)no1)N1C[C@H]2C[C@@H](Oc3cccc(Cl)c3)[C@H](O)C[C@H]2C1. The number of rotatable bonds is 4. The van der Waals surface area contributed by atoms with Gasteiger partial charge in [0.2, 0.25) is 5.76 Å². The van der Waals surface area contributed by atoms with Crippen molar-refractivity contribution in [2.45, 2.75) is 43.8 Å². The molecular weight excluding hydrogens is 380 g/mol. The van der Waals surface area contributed by atoms with Gasteiger partial charge in [0.15, 0.2) is 0 Å². The van der Waals surface area contributed by atoms with Crippen LogP contribution < -0.4 is 4.74 Å². The van der Waals surface area contributed by atoms with Gasteiger partial charge in [-0.25, -0.2) is 0 Å². The van der Waals surface area contributed by atoms with Gasteiger partial charge in [-0.2, -0.15) is 0 Å². The molecule has 6 nitrogen and oxygen atoms in total. The van der Waals surface area contributed by atoms with Crippen molar-refractivity contribution < 1.29 is 19.2 Å². The zero-order valence-electron chi connectivity index (χ0n) is 15.5. The molecule has 0 bridgehead atoms. The van der Waals surface area contributed by atoms with Crippen molar-refractivity contribution >= 4 is 17.5 Å². The summed E-state index contributed by atoms with van der Waals surface area (Å²) in [7, 11) is 0. The first-order valence-electron chi connectivity index (χ1n) is 9.93. The first-order chi connectivity index (χ1) is 13.6. The Morgan fingerprint density at radius 1 is 1.21 bits per heavy atom. The Morgan fingerprint density at radius 3 is 2.75 bits per heavy atom. The number of amides is 1. The minimum Gasteiger partial charge on any atom is -0.488 e. The summed E-state index contributed by atoms with van der Waals surface area (Å²) in [6, 6.07) is 9.02. The number of benzene rings is 1. The van der Waals surface area contributed by atoms with Crippen LogP contribution in [0.3, 0.4) is 0 Å². The molecule has 2 aliphatic carbocycles. The number of fused-ring (bicyclic) bond motifs is 1. The smallest absolute Gasteiger partial charge is 0.292 e. The molecule has 0 radical (unpaired) electrons.